The van der Waals surface area contributed by atoms with Crippen LogP contribution in [0.1, 0.15) is 42.5 Å². The van der Waals surface area contributed by atoms with E-state index in [9.17, 15) is 4.79 Å². The second-order valence-corrected chi connectivity index (χ2v) is 5.76. The van der Waals surface area contributed by atoms with Gasteiger partial charge in [0, 0.05) is 23.7 Å². The number of rotatable bonds is 4. The van der Waals surface area contributed by atoms with Crippen molar-refractivity contribution >= 4 is 16.8 Å². The SMILES string of the molecule is COc1cc2[nH]cc(C(=O)NC3CCCCC3)c2cc1OC. The summed E-state index contributed by atoms with van der Waals surface area (Å²) < 4.78 is 10.6. The van der Waals surface area contributed by atoms with Crippen LogP contribution in [0.15, 0.2) is 18.3 Å². The molecule has 1 fully saturated rings. The summed E-state index contributed by atoms with van der Waals surface area (Å²) in [6.07, 6.45) is 7.57. The van der Waals surface area contributed by atoms with Crippen LogP contribution in [0.4, 0.5) is 0 Å². The van der Waals surface area contributed by atoms with Crippen molar-refractivity contribution in [1.82, 2.24) is 10.3 Å². The topological polar surface area (TPSA) is 63.4 Å². The Hall–Kier alpha value is -2.17. The Kier molecular flexibility index (Phi) is 4.22. The van der Waals surface area contributed by atoms with Gasteiger partial charge >= 0.3 is 0 Å². The van der Waals surface area contributed by atoms with Crippen molar-refractivity contribution in [2.24, 2.45) is 0 Å². The lowest BCUT2D eigenvalue weighted by molar-refractivity contribution is 0.0929. The first-order chi connectivity index (χ1) is 10.7. The number of hydrogen-bond acceptors (Lipinski definition) is 3. The highest BCUT2D eigenvalue weighted by Gasteiger charge is 2.20. The number of fused-ring (bicyclic) bond motifs is 1. The molecule has 2 N–H and O–H groups in total. The van der Waals surface area contributed by atoms with Crippen molar-refractivity contribution < 1.29 is 14.3 Å². The molecule has 1 aromatic heterocycles. The number of carbonyl (C=O) groups excluding carboxylic acids is 1. The lowest BCUT2D eigenvalue weighted by Gasteiger charge is -2.22. The fourth-order valence-corrected chi connectivity index (χ4v) is 3.15. The predicted octanol–water partition coefficient (Wildman–Crippen LogP) is 3.25. The Bertz CT molecular complexity index is 672. The second kappa shape index (κ2) is 6.30. The van der Waals surface area contributed by atoms with E-state index in [1.54, 1.807) is 20.4 Å². The minimum Gasteiger partial charge on any atom is -0.493 e. The van der Waals surface area contributed by atoms with Gasteiger partial charge in [-0.3, -0.25) is 4.79 Å². The molecular weight excluding hydrogens is 280 g/mol. The molecule has 1 aromatic carbocycles. The molecular formula is C17H22N2O3. The van der Waals surface area contributed by atoms with Crippen LogP contribution in [0.5, 0.6) is 11.5 Å². The summed E-state index contributed by atoms with van der Waals surface area (Å²) in [6.45, 7) is 0. The van der Waals surface area contributed by atoms with Gasteiger partial charge in [-0.25, -0.2) is 0 Å². The van der Waals surface area contributed by atoms with E-state index in [0.29, 0.717) is 23.1 Å². The molecule has 0 spiro atoms. The second-order valence-electron chi connectivity index (χ2n) is 5.76. The third-order valence-corrected chi connectivity index (χ3v) is 4.37. The number of nitrogens with one attached hydrogen (secondary N) is 2. The van der Waals surface area contributed by atoms with Crippen LogP contribution < -0.4 is 14.8 Å². The minimum atomic E-state index is -0.0228. The van der Waals surface area contributed by atoms with Gasteiger partial charge in [0.05, 0.1) is 25.3 Å². The normalized spacial score (nSPS) is 15.7. The fraction of sp³-hybridized carbons (Fsp3) is 0.471. The van der Waals surface area contributed by atoms with Gasteiger partial charge in [0.1, 0.15) is 0 Å². The smallest absolute Gasteiger partial charge is 0.253 e. The summed E-state index contributed by atoms with van der Waals surface area (Å²) in [5, 5.41) is 4.00. The van der Waals surface area contributed by atoms with Crippen LogP contribution in [-0.4, -0.2) is 31.2 Å². The molecule has 0 atom stereocenters. The van der Waals surface area contributed by atoms with Crippen LogP contribution >= 0.6 is 0 Å². The largest absolute Gasteiger partial charge is 0.493 e. The van der Waals surface area contributed by atoms with Crippen LogP contribution in [0.2, 0.25) is 0 Å². The van der Waals surface area contributed by atoms with E-state index in [1.807, 2.05) is 12.1 Å². The van der Waals surface area contributed by atoms with Gasteiger partial charge in [0.15, 0.2) is 11.5 Å². The number of H-pyrrole nitrogens is 1. The van der Waals surface area contributed by atoms with Gasteiger partial charge in [-0.05, 0) is 18.9 Å². The molecule has 118 valence electrons. The average molecular weight is 302 g/mol. The van der Waals surface area contributed by atoms with E-state index in [-0.39, 0.29) is 5.91 Å². The van der Waals surface area contributed by atoms with Crippen LogP contribution in [0.25, 0.3) is 10.9 Å². The first-order valence-electron chi connectivity index (χ1n) is 7.77. The summed E-state index contributed by atoms with van der Waals surface area (Å²) in [4.78, 5) is 15.7. The molecule has 22 heavy (non-hydrogen) atoms. The van der Waals surface area contributed by atoms with Gasteiger partial charge in [0.2, 0.25) is 0 Å². The standard InChI is InChI=1S/C17H22N2O3/c1-21-15-8-12-13(10-18-14(12)9-16(15)22-2)17(20)19-11-6-4-3-5-7-11/h8-11,18H,3-7H2,1-2H3,(H,19,20). The first kappa shape index (κ1) is 14.8. The van der Waals surface area contributed by atoms with E-state index in [1.165, 1.54) is 19.3 Å². The van der Waals surface area contributed by atoms with Gasteiger partial charge in [-0.2, -0.15) is 0 Å². The van der Waals surface area contributed by atoms with Crippen LogP contribution in [-0.2, 0) is 0 Å². The highest BCUT2D eigenvalue weighted by atomic mass is 16.5. The molecule has 2 aromatic rings. The number of amides is 1. The molecule has 1 aliphatic carbocycles. The predicted molar refractivity (Wildman–Crippen MR) is 85.7 cm³/mol. The molecule has 1 amide bonds. The van der Waals surface area contributed by atoms with E-state index < -0.39 is 0 Å². The third kappa shape index (κ3) is 2.75. The Morgan fingerprint density at radius 1 is 1.14 bits per heavy atom. The van der Waals surface area contributed by atoms with E-state index in [0.717, 1.165) is 23.7 Å². The minimum absolute atomic E-state index is 0.0228. The molecule has 0 aliphatic heterocycles. The van der Waals surface area contributed by atoms with Crippen molar-refractivity contribution in [3.05, 3.63) is 23.9 Å². The lowest BCUT2D eigenvalue weighted by atomic mass is 9.95. The number of ether oxygens (including phenoxy) is 2. The molecule has 5 nitrogen and oxygen atoms in total. The summed E-state index contributed by atoms with van der Waals surface area (Å²) in [7, 11) is 3.20. The van der Waals surface area contributed by atoms with E-state index in [4.69, 9.17) is 9.47 Å². The molecule has 3 rings (SSSR count). The summed E-state index contributed by atoms with van der Waals surface area (Å²) in [6, 6.07) is 4.00. The van der Waals surface area contributed by atoms with Crippen molar-refractivity contribution in [3.63, 3.8) is 0 Å². The first-order valence-corrected chi connectivity index (χ1v) is 7.77. The number of benzene rings is 1. The van der Waals surface area contributed by atoms with E-state index >= 15 is 0 Å². The maximum absolute atomic E-state index is 12.5. The number of carbonyl (C=O) groups is 1. The summed E-state index contributed by atoms with van der Waals surface area (Å²) in [5.74, 6) is 1.25. The van der Waals surface area contributed by atoms with Crippen molar-refractivity contribution in [2.45, 2.75) is 38.1 Å². The zero-order valence-electron chi connectivity index (χ0n) is 13.1. The summed E-state index contributed by atoms with van der Waals surface area (Å²) >= 11 is 0. The highest BCUT2D eigenvalue weighted by molar-refractivity contribution is 6.07. The van der Waals surface area contributed by atoms with Crippen molar-refractivity contribution in [2.75, 3.05) is 14.2 Å². The summed E-state index contributed by atoms with van der Waals surface area (Å²) in [5.41, 5.74) is 1.52. The number of aromatic nitrogens is 1. The molecule has 0 unspecified atom stereocenters. The van der Waals surface area contributed by atoms with E-state index in [2.05, 4.69) is 10.3 Å². The number of aromatic amines is 1. The molecule has 1 saturated carbocycles. The maximum atomic E-state index is 12.5. The molecule has 1 heterocycles. The molecule has 0 saturated heterocycles. The van der Waals surface area contributed by atoms with Crippen molar-refractivity contribution in [3.8, 4) is 11.5 Å². The Labute approximate surface area is 130 Å². The fourth-order valence-electron chi connectivity index (χ4n) is 3.15. The average Bonchev–Trinajstić information content (AvgIpc) is 2.97. The van der Waals surface area contributed by atoms with Gasteiger partial charge < -0.3 is 19.8 Å². The number of methoxy groups -OCH3 is 2. The monoisotopic (exact) mass is 302 g/mol. The molecule has 0 radical (unpaired) electrons. The molecule has 0 bridgehead atoms. The third-order valence-electron chi connectivity index (χ3n) is 4.37. The Morgan fingerprint density at radius 2 is 1.82 bits per heavy atom. The Morgan fingerprint density at radius 3 is 2.50 bits per heavy atom. The lowest BCUT2D eigenvalue weighted by Crippen LogP contribution is -2.36. The molecule has 1 aliphatic rings. The van der Waals surface area contributed by atoms with Crippen molar-refractivity contribution in [1.29, 1.82) is 0 Å². The van der Waals surface area contributed by atoms with Gasteiger partial charge in [0.25, 0.3) is 5.91 Å². The van der Waals surface area contributed by atoms with Gasteiger partial charge in [-0.15, -0.1) is 0 Å². The number of hydrogen-bond donors (Lipinski definition) is 2. The van der Waals surface area contributed by atoms with Crippen LogP contribution in [0, 0.1) is 0 Å². The zero-order valence-corrected chi connectivity index (χ0v) is 13.1. The Balaban J connectivity index is 1.88. The quantitative estimate of drug-likeness (QED) is 0.911. The van der Waals surface area contributed by atoms with Crippen LogP contribution in [0.3, 0.4) is 0 Å². The molecule has 5 heteroatoms. The highest BCUT2D eigenvalue weighted by Crippen LogP contribution is 2.33. The maximum Gasteiger partial charge on any atom is 0.253 e. The van der Waals surface area contributed by atoms with Gasteiger partial charge in [-0.1, -0.05) is 19.3 Å². The zero-order chi connectivity index (χ0) is 15.5.